The van der Waals surface area contributed by atoms with E-state index in [0.717, 1.165) is 5.56 Å². The van der Waals surface area contributed by atoms with Crippen LogP contribution >= 0.6 is 0 Å². The molecule has 2 aromatic carbocycles. The van der Waals surface area contributed by atoms with Crippen LogP contribution in [0.3, 0.4) is 0 Å². The Hall–Kier alpha value is -2.99. The molecule has 1 aliphatic rings. The Kier molecular flexibility index (Phi) is 4.51. The van der Waals surface area contributed by atoms with Gasteiger partial charge in [0.25, 0.3) is 5.91 Å². The Labute approximate surface area is 162 Å². The number of carbonyl (C=O) groups excluding carboxylic acids is 1. The smallest absolute Gasteiger partial charge is 0.290 e. The molecule has 4 rings (SSSR count). The number of amides is 1. The van der Waals surface area contributed by atoms with E-state index in [1.807, 2.05) is 32.0 Å². The molecule has 3 aromatic rings. The molecule has 1 aromatic heterocycles. The van der Waals surface area contributed by atoms with Crippen molar-refractivity contribution < 1.29 is 13.6 Å². The lowest BCUT2D eigenvalue weighted by Crippen LogP contribution is -2.35. The number of carbonyl (C=O) groups is 1. The van der Waals surface area contributed by atoms with Gasteiger partial charge in [0.05, 0.1) is 17.0 Å². The Balaban J connectivity index is 1.94. The molecule has 0 radical (unpaired) electrons. The minimum atomic E-state index is -0.593. The summed E-state index contributed by atoms with van der Waals surface area (Å²) in [6.45, 7) is 2.95. The molecule has 0 N–H and O–H groups in total. The molecule has 1 atom stereocenters. The highest BCUT2D eigenvalue weighted by Crippen LogP contribution is 2.38. The summed E-state index contributed by atoms with van der Waals surface area (Å²) < 4.78 is 19.3. The summed E-state index contributed by atoms with van der Waals surface area (Å²) in [4.78, 5) is 30.1. The van der Waals surface area contributed by atoms with E-state index in [1.165, 1.54) is 12.1 Å². The predicted molar refractivity (Wildman–Crippen MR) is 105 cm³/mol. The molecule has 144 valence electrons. The highest BCUT2D eigenvalue weighted by Gasteiger charge is 2.42. The lowest BCUT2D eigenvalue weighted by molar-refractivity contribution is 0.0716. The number of hydrogen-bond donors (Lipinski definition) is 0. The fraction of sp³-hybridized carbons (Fsp3) is 0.273. The second-order valence-corrected chi connectivity index (χ2v) is 7.43. The summed E-state index contributed by atoms with van der Waals surface area (Å²) >= 11 is 0. The lowest BCUT2D eigenvalue weighted by atomic mass is 9.98. The third-order valence-electron chi connectivity index (χ3n) is 5.10. The average molecular weight is 380 g/mol. The maximum Gasteiger partial charge on any atom is 0.290 e. The minimum absolute atomic E-state index is 0.0782. The second kappa shape index (κ2) is 6.87. The molecule has 5 nitrogen and oxygen atoms in total. The van der Waals surface area contributed by atoms with Crippen LogP contribution in [0.5, 0.6) is 0 Å². The van der Waals surface area contributed by atoms with Gasteiger partial charge in [-0.2, -0.15) is 0 Å². The summed E-state index contributed by atoms with van der Waals surface area (Å²) in [5.41, 5.74) is 2.14. The molecule has 0 fully saturated rings. The summed E-state index contributed by atoms with van der Waals surface area (Å²) in [5, 5.41) is 0.452. The fourth-order valence-corrected chi connectivity index (χ4v) is 3.66. The molecule has 1 unspecified atom stereocenters. The Morgan fingerprint density at radius 3 is 2.50 bits per heavy atom. The van der Waals surface area contributed by atoms with E-state index in [0.29, 0.717) is 35.2 Å². The van der Waals surface area contributed by atoms with Gasteiger partial charge in [-0.1, -0.05) is 23.8 Å². The van der Waals surface area contributed by atoms with Crippen LogP contribution in [0.15, 0.2) is 51.7 Å². The molecule has 2 heterocycles. The largest absolute Gasteiger partial charge is 0.450 e. The molecule has 0 aliphatic carbocycles. The van der Waals surface area contributed by atoms with E-state index < -0.39 is 6.04 Å². The highest BCUT2D eigenvalue weighted by atomic mass is 19.1. The summed E-state index contributed by atoms with van der Waals surface area (Å²) in [7, 11) is 3.84. The Morgan fingerprint density at radius 1 is 1.11 bits per heavy atom. The number of likely N-dealkylation sites (N-methyl/N-ethyl adjacent to an activating group) is 1. The average Bonchev–Trinajstić information content (AvgIpc) is 2.94. The molecule has 28 heavy (non-hydrogen) atoms. The zero-order valence-electron chi connectivity index (χ0n) is 16.0. The van der Waals surface area contributed by atoms with E-state index in [2.05, 4.69) is 0 Å². The van der Waals surface area contributed by atoms with Crippen molar-refractivity contribution in [3.63, 3.8) is 0 Å². The first-order valence-corrected chi connectivity index (χ1v) is 9.15. The van der Waals surface area contributed by atoms with Crippen molar-refractivity contribution in [1.29, 1.82) is 0 Å². The molecule has 0 spiro atoms. The number of hydrogen-bond acceptors (Lipinski definition) is 4. The monoisotopic (exact) mass is 380 g/mol. The van der Waals surface area contributed by atoms with E-state index in [9.17, 15) is 14.0 Å². The van der Waals surface area contributed by atoms with Crippen LogP contribution in [0.1, 0.15) is 33.3 Å². The van der Waals surface area contributed by atoms with Gasteiger partial charge in [-0.25, -0.2) is 4.39 Å². The SMILES string of the molecule is Cc1ccc2oc3c(c(=O)c2c1)C(c1ccc(F)cc1)N(CCN(C)C)C3=O. The van der Waals surface area contributed by atoms with Gasteiger partial charge in [-0.15, -0.1) is 0 Å². The number of fused-ring (bicyclic) bond motifs is 2. The van der Waals surface area contributed by atoms with Gasteiger partial charge in [0.2, 0.25) is 5.76 Å². The van der Waals surface area contributed by atoms with Crippen molar-refractivity contribution in [2.75, 3.05) is 27.2 Å². The van der Waals surface area contributed by atoms with Gasteiger partial charge < -0.3 is 14.2 Å². The van der Waals surface area contributed by atoms with Crippen LogP contribution in [0.2, 0.25) is 0 Å². The molecule has 0 bridgehead atoms. The standard InChI is InChI=1S/C22H21FN2O3/c1-13-4-9-17-16(12-13)20(26)18-19(14-5-7-15(23)8-6-14)25(11-10-24(2)3)22(27)21(18)28-17/h4-9,12,19H,10-11H2,1-3H3. The van der Waals surface area contributed by atoms with Crippen LogP contribution in [0.25, 0.3) is 11.0 Å². The van der Waals surface area contributed by atoms with Crippen molar-refractivity contribution in [3.8, 4) is 0 Å². The molecule has 0 saturated carbocycles. The van der Waals surface area contributed by atoms with Crippen LogP contribution < -0.4 is 5.43 Å². The van der Waals surface area contributed by atoms with E-state index in [4.69, 9.17) is 4.42 Å². The maximum absolute atomic E-state index is 13.5. The van der Waals surface area contributed by atoms with Crippen LogP contribution in [-0.2, 0) is 0 Å². The van der Waals surface area contributed by atoms with Gasteiger partial charge in [0.15, 0.2) is 5.43 Å². The van der Waals surface area contributed by atoms with Gasteiger partial charge in [-0.3, -0.25) is 9.59 Å². The second-order valence-electron chi connectivity index (χ2n) is 7.43. The first-order valence-electron chi connectivity index (χ1n) is 9.15. The number of nitrogens with zero attached hydrogens (tertiary/aromatic N) is 2. The van der Waals surface area contributed by atoms with Crippen molar-refractivity contribution >= 4 is 16.9 Å². The van der Waals surface area contributed by atoms with Crippen molar-refractivity contribution in [1.82, 2.24) is 9.80 Å². The molecular formula is C22H21FN2O3. The summed E-state index contributed by atoms with van der Waals surface area (Å²) in [5.74, 6) is -0.602. The van der Waals surface area contributed by atoms with Crippen molar-refractivity contribution in [2.45, 2.75) is 13.0 Å². The zero-order valence-corrected chi connectivity index (χ0v) is 16.0. The zero-order chi connectivity index (χ0) is 20.0. The first kappa shape index (κ1) is 18.4. The number of aryl methyl sites for hydroxylation is 1. The number of rotatable bonds is 4. The van der Waals surface area contributed by atoms with E-state index >= 15 is 0 Å². The first-order chi connectivity index (χ1) is 13.4. The minimum Gasteiger partial charge on any atom is -0.450 e. The summed E-state index contributed by atoms with van der Waals surface area (Å²) in [6, 6.07) is 10.7. The topological polar surface area (TPSA) is 53.8 Å². The maximum atomic E-state index is 13.5. The van der Waals surface area contributed by atoms with E-state index in [-0.39, 0.29) is 22.9 Å². The van der Waals surface area contributed by atoms with Crippen molar-refractivity contribution in [2.24, 2.45) is 0 Å². The van der Waals surface area contributed by atoms with Crippen LogP contribution in [0.4, 0.5) is 4.39 Å². The fourth-order valence-electron chi connectivity index (χ4n) is 3.66. The van der Waals surface area contributed by atoms with Crippen LogP contribution in [0, 0.1) is 12.7 Å². The summed E-state index contributed by atoms with van der Waals surface area (Å²) in [6.07, 6.45) is 0. The Bertz CT molecular complexity index is 1120. The van der Waals surface area contributed by atoms with Gasteiger partial charge in [-0.05, 0) is 50.8 Å². The molecule has 6 heteroatoms. The van der Waals surface area contributed by atoms with Crippen LogP contribution in [-0.4, -0.2) is 42.9 Å². The van der Waals surface area contributed by atoms with Gasteiger partial charge in [0, 0.05) is 13.1 Å². The number of benzene rings is 2. The molecular weight excluding hydrogens is 359 g/mol. The number of halogens is 1. The third kappa shape index (κ3) is 2.99. The van der Waals surface area contributed by atoms with Gasteiger partial charge in [0.1, 0.15) is 11.4 Å². The molecule has 1 aliphatic heterocycles. The van der Waals surface area contributed by atoms with Crippen molar-refractivity contribution in [3.05, 3.63) is 81.0 Å². The lowest BCUT2D eigenvalue weighted by Gasteiger charge is -2.26. The normalized spacial score (nSPS) is 16.2. The van der Waals surface area contributed by atoms with E-state index in [1.54, 1.807) is 29.2 Å². The van der Waals surface area contributed by atoms with Gasteiger partial charge >= 0.3 is 0 Å². The highest BCUT2D eigenvalue weighted by molar-refractivity contribution is 5.99. The third-order valence-corrected chi connectivity index (χ3v) is 5.10. The molecule has 0 saturated heterocycles. The Morgan fingerprint density at radius 2 is 1.82 bits per heavy atom. The molecule has 1 amide bonds. The quantitative estimate of drug-likeness (QED) is 0.697. The predicted octanol–water partition coefficient (Wildman–Crippen LogP) is 3.35.